The Morgan fingerprint density at radius 3 is 2.46 bits per heavy atom. The number of nitrogens with zero attached hydrogens (tertiary/aromatic N) is 2. The first-order chi connectivity index (χ1) is 17.8. The minimum atomic E-state index is -0.446. The minimum absolute atomic E-state index is 0.192. The number of aryl methyl sites for hydroxylation is 2. The zero-order valence-electron chi connectivity index (χ0n) is 20.1. The van der Waals surface area contributed by atoms with E-state index < -0.39 is 5.82 Å². The van der Waals surface area contributed by atoms with Crippen molar-refractivity contribution in [2.24, 2.45) is 0 Å². The first kappa shape index (κ1) is 22.5. The van der Waals surface area contributed by atoms with Crippen LogP contribution in [-0.2, 0) is 6.54 Å². The number of nitriles is 1. The molecule has 0 radical (unpaired) electrons. The quantitative estimate of drug-likeness (QED) is 0.280. The van der Waals surface area contributed by atoms with Crippen LogP contribution in [0.15, 0.2) is 65.1 Å². The third kappa shape index (κ3) is 3.62. The highest BCUT2D eigenvalue weighted by atomic mass is 19.1. The number of carbonyl (C=O) groups is 1. The van der Waals surface area contributed by atoms with Gasteiger partial charge < -0.3 is 15.5 Å². The van der Waals surface area contributed by atoms with Crippen LogP contribution in [0.3, 0.4) is 0 Å². The molecule has 37 heavy (non-hydrogen) atoms. The molecule has 3 N–H and O–H groups in total. The van der Waals surface area contributed by atoms with Crippen LogP contribution in [0, 0.1) is 31.0 Å². The molecule has 0 aliphatic heterocycles. The van der Waals surface area contributed by atoms with E-state index >= 15 is 0 Å². The highest BCUT2D eigenvalue weighted by Crippen LogP contribution is 2.42. The van der Waals surface area contributed by atoms with Gasteiger partial charge in [0.25, 0.3) is 5.91 Å². The van der Waals surface area contributed by atoms with Crippen LogP contribution in [0.2, 0.25) is 0 Å². The molecule has 0 aliphatic carbocycles. The number of hydrogen-bond acceptors (Lipinski definition) is 5. The monoisotopic (exact) mass is 488 g/mol. The number of benzene rings is 4. The number of rotatable bonds is 4. The Kier molecular flexibility index (Phi) is 5.06. The smallest absolute Gasteiger partial charge is 0.251 e. The van der Waals surface area contributed by atoms with Gasteiger partial charge in [-0.25, -0.2) is 9.37 Å². The number of nitrogens with one attached hydrogen (secondary N) is 1. The molecule has 0 atom stereocenters. The molecule has 0 saturated carbocycles. The van der Waals surface area contributed by atoms with Gasteiger partial charge in [-0.2, -0.15) is 5.26 Å². The van der Waals surface area contributed by atoms with E-state index in [-0.39, 0.29) is 11.5 Å². The summed E-state index contributed by atoms with van der Waals surface area (Å²) in [5.41, 5.74) is 12.2. The number of fused-ring (bicyclic) bond motifs is 8. The molecule has 0 fully saturated rings. The van der Waals surface area contributed by atoms with Gasteiger partial charge >= 0.3 is 0 Å². The zero-order valence-corrected chi connectivity index (χ0v) is 20.1. The second kappa shape index (κ2) is 8.32. The molecule has 2 bridgehead atoms. The summed E-state index contributed by atoms with van der Waals surface area (Å²) >= 11 is 0. The highest BCUT2D eigenvalue weighted by Gasteiger charge is 2.20. The van der Waals surface area contributed by atoms with Gasteiger partial charge in [-0.05, 0) is 84.6 Å². The molecular weight excluding hydrogens is 467 g/mol. The third-order valence-corrected chi connectivity index (χ3v) is 6.90. The Morgan fingerprint density at radius 1 is 1.00 bits per heavy atom. The van der Waals surface area contributed by atoms with Crippen molar-refractivity contribution < 1.29 is 13.6 Å². The van der Waals surface area contributed by atoms with E-state index in [0.717, 1.165) is 43.9 Å². The van der Waals surface area contributed by atoms with Gasteiger partial charge in [0.15, 0.2) is 0 Å². The lowest BCUT2D eigenvalue weighted by Crippen LogP contribution is -2.24. The van der Waals surface area contributed by atoms with E-state index in [1.807, 2.05) is 44.2 Å². The summed E-state index contributed by atoms with van der Waals surface area (Å²) in [5.74, 6) is -0.176. The number of amides is 1. The maximum Gasteiger partial charge on any atom is 0.251 e. The molecule has 7 heteroatoms. The Balaban J connectivity index is 1.35. The zero-order chi connectivity index (χ0) is 25.8. The molecule has 6 rings (SSSR count). The van der Waals surface area contributed by atoms with Gasteiger partial charge in [0.05, 0.1) is 11.6 Å². The lowest BCUT2D eigenvalue weighted by Gasteiger charge is -2.11. The number of carbonyl (C=O) groups excluding carboxylic acids is 1. The molecular formula is C30H21FN4O2. The Morgan fingerprint density at radius 2 is 1.73 bits per heavy atom. The van der Waals surface area contributed by atoms with E-state index in [2.05, 4.69) is 16.4 Å². The standard InChI is InChI=1S/C30H21FN4O2/c1-15-9-27(33)35-16(2)26(15)14-34-30(36)18-4-7-23-25(12-18)29-22-6-3-17(11-24(22)28(23)37-29)21-8-5-20(31)10-19(21)13-32/h3-12H,14H2,1-2H3,(H2,33,35)(H,34,36). The van der Waals surface area contributed by atoms with Gasteiger partial charge in [-0.15, -0.1) is 0 Å². The normalized spacial score (nSPS) is 11.4. The average Bonchev–Trinajstić information content (AvgIpc) is 3.44. The van der Waals surface area contributed by atoms with Gasteiger partial charge in [0.1, 0.15) is 22.8 Å². The predicted octanol–water partition coefficient (Wildman–Crippen LogP) is 6.38. The van der Waals surface area contributed by atoms with E-state index in [1.165, 1.54) is 12.1 Å². The molecule has 1 amide bonds. The number of pyridine rings is 1. The molecule has 0 spiro atoms. The number of nitrogen functional groups attached to an aromatic ring is 1. The van der Waals surface area contributed by atoms with Crippen molar-refractivity contribution in [3.8, 4) is 17.2 Å². The van der Waals surface area contributed by atoms with E-state index in [4.69, 9.17) is 10.2 Å². The van der Waals surface area contributed by atoms with Crippen LogP contribution >= 0.6 is 0 Å². The molecule has 3 aromatic heterocycles. The number of hydrogen-bond donors (Lipinski definition) is 2. The lowest BCUT2D eigenvalue weighted by atomic mass is 9.95. The highest BCUT2D eigenvalue weighted by molar-refractivity contribution is 6.26. The maximum atomic E-state index is 13.6. The first-order valence-electron chi connectivity index (χ1n) is 11.8. The van der Waals surface area contributed by atoms with E-state index in [1.54, 1.807) is 18.2 Å². The van der Waals surface area contributed by atoms with Gasteiger partial charge in [-0.3, -0.25) is 4.79 Å². The number of halogens is 1. The van der Waals surface area contributed by atoms with Crippen molar-refractivity contribution >= 4 is 44.4 Å². The largest absolute Gasteiger partial charge is 0.455 e. The Labute approximate surface area is 211 Å². The number of furan rings is 2. The fourth-order valence-corrected chi connectivity index (χ4v) is 5.07. The second-order valence-electron chi connectivity index (χ2n) is 9.19. The molecule has 3 heterocycles. The average molecular weight is 489 g/mol. The van der Waals surface area contributed by atoms with Crippen molar-refractivity contribution in [3.05, 3.63) is 94.4 Å². The second-order valence-corrected chi connectivity index (χ2v) is 9.19. The summed E-state index contributed by atoms with van der Waals surface area (Å²) < 4.78 is 19.8. The van der Waals surface area contributed by atoms with E-state index in [9.17, 15) is 14.4 Å². The fraction of sp³-hybridized carbons (Fsp3) is 0.100. The van der Waals surface area contributed by atoms with Crippen LogP contribution < -0.4 is 11.1 Å². The number of anilines is 1. The molecule has 0 unspecified atom stereocenters. The Hall–Kier alpha value is -4.96. The van der Waals surface area contributed by atoms with Crippen molar-refractivity contribution in [3.63, 3.8) is 0 Å². The van der Waals surface area contributed by atoms with Crippen LogP contribution in [0.1, 0.15) is 32.7 Å². The summed E-state index contributed by atoms with van der Waals surface area (Å²) in [6, 6.07) is 19.4. The SMILES string of the molecule is Cc1cc(N)nc(C)c1CNC(=O)c1ccc2c(c1)c1oc2c2cc(-c3ccc(F)cc3C#N)ccc21. The van der Waals surface area contributed by atoms with Gasteiger partial charge in [-0.1, -0.05) is 12.1 Å². The fourth-order valence-electron chi connectivity index (χ4n) is 5.07. The predicted molar refractivity (Wildman–Crippen MR) is 142 cm³/mol. The van der Waals surface area contributed by atoms with Crippen LogP contribution in [0.25, 0.3) is 43.8 Å². The maximum absolute atomic E-state index is 13.6. The number of nitrogens with two attached hydrogens (primary N) is 1. The Bertz CT molecular complexity index is 1890. The summed E-state index contributed by atoms with van der Waals surface area (Å²) in [5, 5.41) is 16.0. The van der Waals surface area contributed by atoms with Crippen molar-refractivity contribution in [1.82, 2.24) is 10.3 Å². The summed E-state index contributed by atoms with van der Waals surface area (Å²) in [6.07, 6.45) is 0. The van der Waals surface area contributed by atoms with Gasteiger partial charge in [0.2, 0.25) is 0 Å². The van der Waals surface area contributed by atoms with E-state index in [0.29, 0.717) is 34.7 Å². The van der Waals surface area contributed by atoms with Crippen LogP contribution in [0.5, 0.6) is 0 Å². The summed E-state index contributed by atoms with van der Waals surface area (Å²) in [7, 11) is 0. The molecule has 6 nitrogen and oxygen atoms in total. The van der Waals surface area contributed by atoms with Gasteiger partial charge in [0, 0.05) is 39.3 Å². The summed E-state index contributed by atoms with van der Waals surface area (Å²) in [6.45, 7) is 4.18. The first-order valence-corrected chi connectivity index (χ1v) is 11.8. The van der Waals surface area contributed by atoms with Crippen LogP contribution in [-0.4, -0.2) is 10.9 Å². The third-order valence-electron chi connectivity index (χ3n) is 6.90. The molecule has 0 aliphatic rings. The van der Waals surface area contributed by atoms with Crippen molar-refractivity contribution in [1.29, 1.82) is 5.26 Å². The van der Waals surface area contributed by atoms with Crippen LogP contribution in [0.4, 0.5) is 10.2 Å². The molecule has 3 aromatic carbocycles. The van der Waals surface area contributed by atoms with Crippen molar-refractivity contribution in [2.75, 3.05) is 5.73 Å². The topological polar surface area (TPSA) is 105 Å². The van der Waals surface area contributed by atoms with Crippen molar-refractivity contribution in [2.45, 2.75) is 20.4 Å². The molecule has 0 saturated heterocycles. The molecule has 6 aromatic rings. The summed E-state index contributed by atoms with van der Waals surface area (Å²) in [4.78, 5) is 17.3. The lowest BCUT2D eigenvalue weighted by molar-refractivity contribution is 0.0951. The molecule has 180 valence electrons. The number of aromatic nitrogens is 1. The minimum Gasteiger partial charge on any atom is -0.455 e.